The molecule has 1 N–H and O–H groups in total. The van der Waals surface area contributed by atoms with Crippen molar-refractivity contribution in [1.29, 1.82) is 0 Å². The van der Waals surface area contributed by atoms with Crippen LogP contribution in [0.3, 0.4) is 0 Å². The number of rotatable bonds is 4. The molecule has 2 aliphatic rings. The second-order valence-corrected chi connectivity index (χ2v) is 6.97. The minimum absolute atomic E-state index is 0.431. The van der Waals surface area contributed by atoms with Crippen LogP contribution in [-0.4, -0.2) is 17.3 Å². The van der Waals surface area contributed by atoms with Gasteiger partial charge in [-0.25, -0.2) is 0 Å². The minimum Gasteiger partial charge on any atom is -0.493 e. The van der Waals surface area contributed by atoms with Crippen LogP contribution in [0.15, 0.2) is 18.2 Å². The first kappa shape index (κ1) is 14.9. The fourth-order valence-corrected chi connectivity index (χ4v) is 3.89. The summed E-state index contributed by atoms with van der Waals surface area (Å²) in [4.78, 5) is 0. The van der Waals surface area contributed by atoms with Crippen molar-refractivity contribution in [1.82, 2.24) is 0 Å². The number of hydrogen-bond donors (Lipinski definition) is 1. The highest BCUT2D eigenvalue weighted by atomic mass is 16.5. The Labute approximate surface area is 128 Å². The number of fused-ring (bicyclic) bond motifs is 1. The molecule has 1 fully saturated rings. The quantitative estimate of drug-likeness (QED) is 0.838. The van der Waals surface area contributed by atoms with Gasteiger partial charge in [0.15, 0.2) is 0 Å². The Hall–Kier alpha value is -1.02. The van der Waals surface area contributed by atoms with E-state index in [0.717, 1.165) is 50.4 Å². The third-order valence-electron chi connectivity index (χ3n) is 5.48. The third kappa shape index (κ3) is 3.60. The van der Waals surface area contributed by atoms with E-state index in [1.807, 2.05) is 0 Å². The summed E-state index contributed by atoms with van der Waals surface area (Å²) in [5, 5.41) is 10.9. The van der Waals surface area contributed by atoms with Crippen LogP contribution in [0.4, 0.5) is 0 Å². The molecule has 2 unspecified atom stereocenters. The number of benzene rings is 1. The van der Waals surface area contributed by atoms with Gasteiger partial charge in [-0.2, -0.15) is 0 Å². The van der Waals surface area contributed by atoms with Gasteiger partial charge in [0.25, 0.3) is 0 Å². The zero-order valence-corrected chi connectivity index (χ0v) is 13.2. The molecule has 1 aliphatic heterocycles. The molecule has 1 saturated carbocycles. The molecule has 2 atom stereocenters. The molecule has 116 valence electrons. The van der Waals surface area contributed by atoms with E-state index in [2.05, 4.69) is 25.1 Å². The SMILES string of the molecule is CCC1CCCC(O)(CCc2ccc3c(c2)CCO3)CC1. The molecule has 0 saturated heterocycles. The molecular weight excluding hydrogens is 260 g/mol. The molecule has 21 heavy (non-hydrogen) atoms. The van der Waals surface area contributed by atoms with Crippen LogP contribution in [-0.2, 0) is 12.8 Å². The van der Waals surface area contributed by atoms with E-state index in [-0.39, 0.29) is 0 Å². The van der Waals surface area contributed by atoms with E-state index in [4.69, 9.17) is 4.74 Å². The van der Waals surface area contributed by atoms with Gasteiger partial charge in [0.05, 0.1) is 12.2 Å². The Bertz CT molecular complexity index is 482. The molecule has 1 aliphatic carbocycles. The van der Waals surface area contributed by atoms with Gasteiger partial charge in [0, 0.05) is 6.42 Å². The van der Waals surface area contributed by atoms with Gasteiger partial charge >= 0.3 is 0 Å². The Morgan fingerprint density at radius 3 is 3.05 bits per heavy atom. The van der Waals surface area contributed by atoms with Crippen molar-refractivity contribution in [3.05, 3.63) is 29.3 Å². The molecule has 0 aromatic heterocycles. The molecule has 0 spiro atoms. The molecule has 3 rings (SSSR count). The number of aryl methyl sites for hydroxylation is 1. The summed E-state index contributed by atoms with van der Waals surface area (Å²) in [6.07, 6.45) is 9.85. The standard InChI is InChI=1S/C19H28O2/c1-2-15-4-3-10-19(20,11-7-15)12-8-16-5-6-18-17(14-16)9-13-21-18/h5-6,14-15,20H,2-4,7-13H2,1H3. The Morgan fingerprint density at radius 1 is 1.29 bits per heavy atom. The maximum atomic E-state index is 10.9. The van der Waals surface area contributed by atoms with Crippen molar-refractivity contribution in [2.24, 2.45) is 5.92 Å². The molecule has 1 aromatic carbocycles. The normalized spacial score (nSPS) is 28.8. The summed E-state index contributed by atoms with van der Waals surface area (Å²) in [6.45, 7) is 3.10. The number of ether oxygens (including phenoxy) is 1. The maximum absolute atomic E-state index is 10.9. The summed E-state index contributed by atoms with van der Waals surface area (Å²) in [5.74, 6) is 1.88. The van der Waals surface area contributed by atoms with E-state index >= 15 is 0 Å². The summed E-state index contributed by atoms with van der Waals surface area (Å²) >= 11 is 0. The Balaban J connectivity index is 1.58. The van der Waals surface area contributed by atoms with Gasteiger partial charge < -0.3 is 9.84 Å². The van der Waals surface area contributed by atoms with E-state index in [9.17, 15) is 5.11 Å². The minimum atomic E-state index is -0.431. The average Bonchev–Trinajstić information content (AvgIpc) is 2.88. The van der Waals surface area contributed by atoms with Gasteiger partial charge in [-0.15, -0.1) is 0 Å². The number of hydrogen-bond acceptors (Lipinski definition) is 2. The lowest BCUT2D eigenvalue weighted by Gasteiger charge is -2.27. The lowest BCUT2D eigenvalue weighted by molar-refractivity contribution is 0.0157. The Morgan fingerprint density at radius 2 is 2.19 bits per heavy atom. The maximum Gasteiger partial charge on any atom is 0.122 e. The van der Waals surface area contributed by atoms with Gasteiger partial charge in [-0.05, 0) is 55.2 Å². The molecule has 2 heteroatoms. The number of aliphatic hydroxyl groups is 1. The van der Waals surface area contributed by atoms with Crippen LogP contribution in [0.25, 0.3) is 0 Å². The first-order valence-corrected chi connectivity index (χ1v) is 8.65. The second kappa shape index (κ2) is 6.39. The van der Waals surface area contributed by atoms with E-state index in [0.29, 0.717) is 0 Å². The lowest BCUT2D eigenvalue weighted by Crippen LogP contribution is -2.28. The smallest absolute Gasteiger partial charge is 0.122 e. The molecule has 2 nitrogen and oxygen atoms in total. The van der Waals surface area contributed by atoms with E-state index in [1.165, 1.54) is 36.8 Å². The highest BCUT2D eigenvalue weighted by Gasteiger charge is 2.30. The molecule has 1 heterocycles. The van der Waals surface area contributed by atoms with Crippen molar-refractivity contribution in [2.75, 3.05) is 6.61 Å². The highest BCUT2D eigenvalue weighted by Crippen LogP contribution is 2.35. The van der Waals surface area contributed by atoms with Crippen LogP contribution >= 0.6 is 0 Å². The van der Waals surface area contributed by atoms with Gasteiger partial charge in [-0.1, -0.05) is 38.3 Å². The summed E-state index contributed by atoms with van der Waals surface area (Å²) in [7, 11) is 0. The van der Waals surface area contributed by atoms with Crippen LogP contribution in [0, 0.1) is 5.92 Å². The summed E-state index contributed by atoms with van der Waals surface area (Å²) in [6, 6.07) is 6.54. The van der Waals surface area contributed by atoms with Crippen molar-refractivity contribution >= 4 is 0 Å². The third-order valence-corrected chi connectivity index (χ3v) is 5.48. The van der Waals surface area contributed by atoms with Crippen LogP contribution in [0.5, 0.6) is 5.75 Å². The van der Waals surface area contributed by atoms with Crippen LogP contribution in [0.1, 0.15) is 63.0 Å². The van der Waals surface area contributed by atoms with Crippen molar-refractivity contribution in [2.45, 2.75) is 70.3 Å². The predicted octanol–water partition coefficient (Wildman–Crippen LogP) is 4.28. The van der Waals surface area contributed by atoms with Crippen LogP contribution < -0.4 is 4.74 Å². The van der Waals surface area contributed by atoms with Crippen LogP contribution in [0.2, 0.25) is 0 Å². The fourth-order valence-electron chi connectivity index (χ4n) is 3.89. The molecule has 0 amide bonds. The van der Waals surface area contributed by atoms with E-state index in [1.54, 1.807) is 0 Å². The van der Waals surface area contributed by atoms with Crippen molar-refractivity contribution in [3.8, 4) is 5.75 Å². The summed E-state index contributed by atoms with van der Waals surface area (Å²) in [5.41, 5.74) is 2.26. The van der Waals surface area contributed by atoms with Gasteiger partial charge in [0.1, 0.15) is 5.75 Å². The summed E-state index contributed by atoms with van der Waals surface area (Å²) < 4.78 is 5.56. The van der Waals surface area contributed by atoms with Gasteiger partial charge in [0.2, 0.25) is 0 Å². The van der Waals surface area contributed by atoms with Crippen molar-refractivity contribution in [3.63, 3.8) is 0 Å². The zero-order valence-electron chi connectivity index (χ0n) is 13.2. The van der Waals surface area contributed by atoms with E-state index < -0.39 is 5.60 Å². The lowest BCUT2D eigenvalue weighted by atomic mass is 9.87. The largest absolute Gasteiger partial charge is 0.493 e. The van der Waals surface area contributed by atoms with Crippen molar-refractivity contribution < 1.29 is 9.84 Å². The molecule has 0 bridgehead atoms. The fraction of sp³-hybridized carbons (Fsp3) is 0.684. The Kier molecular flexibility index (Phi) is 4.54. The first-order valence-electron chi connectivity index (χ1n) is 8.65. The predicted molar refractivity (Wildman–Crippen MR) is 85.8 cm³/mol. The molecule has 1 aromatic rings. The average molecular weight is 288 g/mol. The highest BCUT2D eigenvalue weighted by molar-refractivity contribution is 5.39. The molecule has 0 radical (unpaired) electrons. The molecular formula is C19H28O2. The monoisotopic (exact) mass is 288 g/mol. The first-order chi connectivity index (χ1) is 10.2. The second-order valence-electron chi connectivity index (χ2n) is 6.97. The zero-order chi connectivity index (χ0) is 14.7. The topological polar surface area (TPSA) is 29.5 Å². The van der Waals surface area contributed by atoms with Gasteiger partial charge in [-0.3, -0.25) is 0 Å².